The van der Waals surface area contributed by atoms with Crippen molar-refractivity contribution in [3.8, 4) is 5.75 Å². The minimum Gasteiger partial charge on any atom is -0.496 e. The maximum absolute atomic E-state index is 14.6. The van der Waals surface area contributed by atoms with Crippen molar-refractivity contribution in [2.24, 2.45) is 0 Å². The summed E-state index contributed by atoms with van der Waals surface area (Å²) in [5.41, 5.74) is 1.68. The molecule has 1 fully saturated rings. The van der Waals surface area contributed by atoms with Gasteiger partial charge in [0.1, 0.15) is 16.7 Å². The number of methoxy groups -OCH3 is 1. The van der Waals surface area contributed by atoms with Gasteiger partial charge in [-0.15, -0.1) is 0 Å². The van der Waals surface area contributed by atoms with Crippen LogP contribution >= 0.6 is 11.6 Å². The molecular formula is C20H21ClFN3O3S. The van der Waals surface area contributed by atoms with Crippen LogP contribution in [0.3, 0.4) is 0 Å². The molecular weight excluding hydrogens is 417 g/mol. The molecule has 0 unspecified atom stereocenters. The van der Waals surface area contributed by atoms with E-state index in [2.05, 4.69) is 4.98 Å². The van der Waals surface area contributed by atoms with Gasteiger partial charge in [0.25, 0.3) is 0 Å². The summed E-state index contributed by atoms with van der Waals surface area (Å²) in [5.74, 6) is 0.198. The Bertz CT molecular complexity index is 1180. The molecule has 1 aliphatic rings. The number of benzene rings is 1. The standard InChI is InChI=1S/C20H21ClFN3O3S/c1-13-11-16-18(28-2)6-5-17(22)20(16)24(13)9-10-25(29(26,27)15-3-4-15)14-7-8-23-19(21)12-14/h5-8,11-12,15H,3-4,9-10H2,1-2H3. The summed E-state index contributed by atoms with van der Waals surface area (Å²) in [6, 6.07) is 7.95. The van der Waals surface area contributed by atoms with Gasteiger partial charge >= 0.3 is 0 Å². The van der Waals surface area contributed by atoms with Crippen molar-refractivity contribution in [3.63, 3.8) is 0 Å². The first kappa shape index (κ1) is 20.0. The lowest BCUT2D eigenvalue weighted by Crippen LogP contribution is -2.36. The normalized spacial score (nSPS) is 14.3. The second-order valence-corrected chi connectivity index (χ2v) is 9.63. The highest BCUT2D eigenvalue weighted by Crippen LogP contribution is 2.35. The number of hydrogen-bond donors (Lipinski definition) is 0. The Hall–Kier alpha value is -2.32. The fourth-order valence-corrected chi connectivity index (χ4v) is 5.60. The molecule has 154 valence electrons. The highest BCUT2D eigenvalue weighted by Gasteiger charge is 2.40. The van der Waals surface area contributed by atoms with Crippen molar-refractivity contribution in [3.05, 3.63) is 53.2 Å². The van der Waals surface area contributed by atoms with Crippen molar-refractivity contribution in [1.29, 1.82) is 0 Å². The Labute approximate surface area is 173 Å². The van der Waals surface area contributed by atoms with Crippen LogP contribution in [0.1, 0.15) is 18.5 Å². The first-order valence-corrected chi connectivity index (χ1v) is 11.2. The van der Waals surface area contributed by atoms with E-state index in [1.807, 2.05) is 13.0 Å². The van der Waals surface area contributed by atoms with Gasteiger partial charge < -0.3 is 9.30 Å². The highest BCUT2D eigenvalue weighted by atomic mass is 35.5. The zero-order chi connectivity index (χ0) is 20.8. The van der Waals surface area contributed by atoms with E-state index in [0.717, 1.165) is 5.69 Å². The number of anilines is 1. The van der Waals surface area contributed by atoms with Crippen LogP contribution in [0.15, 0.2) is 36.5 Å². The van der Waals surface area contributed by atoms with Crippen LogP contribution in [0.2, 0.25) is 5.15 Å². The predicted octanol–water partition coefficient (Wildman–Crippen LogP) is 4.14. The van der Waals surface area contributed by atoms with Crippen LogP contribution in [0, 0.1) is 12.7 Å². The lowest BCUT2D eigenvalue weighted by atomic mass is 10.2. The van der Waals surface area contributed by atoms with Gasteiger partial charge in [-0.3, -0.25) is 4.31 Å². The van der Waals surface area contributed by atoms with E-state index in [-0.39, 0.29) is 29.3 Å². The number of fused-ring (bicyclic) bond motifs is 1. The molecule has 0 aliphatic heterocycles. The molecule has 6 nitrogen and oxygen atoms in total. The number of sulfonamides is 1. The number of aromatic nitrogens is 2. The quantitative estimate of drug-likeness (QED) is 0.521. The molecule has 0 bridgehead atoms. The third kappa shape index (κ3) is 3.67. The molecule has 1 aromatic carbocycles. The lowest BCUT2D eigenvalue weighted by Gasteiger charge is -2.25. The number of ether oxygens (including phenoxy) is 1. The summed E-state index contributed by atoms with van der Waals surface area (Å²) < 4.78 is 49.2. The van der Waals surface area contributed by atoms with Crippen LogP contribution < -0.4 is 9.04 Å². The summed E-state index contributed by atoms with van der Waals surface area (Å²) in [6.45, 7) is 2.30. The van der Waals surface area contributed by atoms with E-state index >= 15 is 0 Å². The summed E-state index contributed by atoms with van der Waals surface area (Å²) in [4.78, 5) is 3.94. The maximum Gasteiger partial charge on any atom is 0.238 e. The first-order chi connectivity index (χ1) is 13.8. The molecule has 0 atom stereocenters. The molecule has 1 aliphatic carbocycles. The Morgan fingerprint density at radius 3 is 2.72 bits per heavy atom. The molecule has 4 rings (SSSR count). The van der Waals surface area contributed by atoms with E-state index in [1.165, 1.54) is 29.7 Å². The van der Waals surface area contributed by atoms with Crippen molar-refractivity contribution in [2.75, 3.05) is 18.0 Å². The van der Waals surface area contributed by atoms with Crippen molar-refractivity contribution in [2.45, 2.75) is 31.6 Å². The largest absolute Gasteiger partial charge is 0.496 e. The predicted molar refractivity (Wildman–Crippen MR) is 112 cm³/mol. The molecule has 2 heterocycles. The second-order valence-electron chi connectivity index (χ2n) is 7.10. The average molecular weight is 438 g/mol. The minimum atomic E-state index is -3.52. The van der Waals surface area contributed by atoms with Gasteiger partial charge in [-0.25, -0.2) is 17.8 Å². The van der Waals surface area contributed by atoms with Crippen LogP contribution in [-0.4, -0.2) is 36.9 Å². The van der Waals surface area contributed by atoms with E-state index in [4.69, 9.17) is 16.3 Å². The molecule has 0 N–H and O–H groups in total. The number of halogens is 2. The third-order valence-corrected chi connectivity index (χ3v) is 7.70. The number of pyridine rings is 1. The van der Waals surface area contributed by atoms with Gasteiger partial charge in [0, 0.05) is 23.8 Å². The molecule has 3 aromatic rings. The number of aryl methyl sites for hydroxylation is 1. The Kier molecular flexibility index (Phi) is 5.16. The number of nitrogens with zero attached hydrogens (tertiary/aromatic N) is 3. The van der Waals surface area contributed by atoms with Crippen molar-refractivity contribution >= 4 is 38.2 Å². The monoisotopic (exact) mass is 437 g/mol. The maximum atomic E-state index is 14.6. The molecule has 9 heteroatoms. The highest BCUT2D eigenvalue weighted by molar-refractivity contribution is 7.93. The van der Waals surface area contributed by atoms with E-state index < -0.39 is 10.0 Å². The smallest absolute Gasteiger partial charge is 0.238 e. The molecule has 29 heavy (non-hydrogen) atoms. The van der Waals surface area contributed by atoms with Crippen LogP contribution in [-0.2, 0) is 16.6 Å². The van der Waals surface area contributed by atoms with Gasteiger partial charge in [-0.2, -0.15) is 0 Å². The molecule has 1 saturated carbocycles. The Morgan fingerprint density at radius 2 is 2.07 bits per heavy atom. The first-order valence-electron chi connectivity index (χ1n) is 9.28. The summed E-state index contributed by atoms with van der Waals surface area (Å²) in [5, 5.41) is 0.499. The van der Waals surface area contributed by atoms with Crippen molar-refractivity contribution < 1.29 is 17.5 Å². The van der Waals surface area contributed by atoms with E-state index in [9.17, 15) is 12.8 Å². The van der Waals surface area contributed by atoms with Crippen LogP contribution in [0.4, 0.5) is 10.1 Å². The third-order valence-electron chi connectivity index (χ3n) is 5.17. The van der Waals surface area contributed by atoms with Crippen molar-refractivity contribution in [1.82, 2.24) is 9.55 Å². The van der Waals surface area contributed by atoms with Gasteiger partial charge in [0.05, 0.1) is 30.1 Å². The van der Waals surface area contributed by atoms with E-state index in [1.54, 1.807) is 16.7 Å². The van der Waals surface area contributed by atoms with Gasteiger partial charge in [0.2, 0.25) is 10.0 Å². The Morgan fingerprint density at radius 1 is 1.31 bits per heavy atom. The average Bonchev–Trinajstić information content (AvgIpc) is 3.48. The summed E-state index contributed by atoms with van der Waals surface area (Å²) in [7, 11) is -1.99. The molecule has 0 amide bonds. The van der Waals surface area contributed by atoms with Gasteiger partial charge in [-0.05, 0) is 50.1 Å². The zero-order valence-electron chi connectivity index (χ0n) is 16.1. The molecule has 0 spiro atoms. The molecule has 2 aromatic heterocycles. The van der Waals surface area contributed by atoms with Crippen LogP contribution in [0.25, 0.3) is 10.9 Å². The fourth-order valence-electron chi connectivity index (χ4n) is 3.59. The van der Waals surface area contributed by atoms with Crippen LogP contribution in [0.5, 0.6) is 5.75 Å². The number of rotatable bonds is 7. The summed E-state index contributed by atoms with van der Waals surface area (Å²) in [6.07, 6.45) is 2.78. The van der Waals surface area contributed by atoms with Gasteiger partial charge in [-0.1, -0.05) is 11.6 Å². The Balaban J connectivity index is 1.72. The second kappa shape index (κ2) is 7.50. The summed E-state index contributed by atoms with van der Waals surface area (Å²) >= 11 is 5.99. The topological polar surface area (TPSA) is 64.4 Å². The number of hydrogen-bond acceptors (Lipinski definition) is 4. The minimum absolute atomic E-state index is 0.153. The SMILES string of the molecule is COc1ccc(F)c2c1cc(C)n2CCN(c1ccnc(Cl)c1)S(=O)(=O)C1CC1. The zero-order valence-corrected chi connectivity index (χ0v) is 17.7. The fraction of sp³-hybridized carbons (Fsp3) is 0.350. The van der Waals surface area contributed by atoms with E-state index in [0.29, 0.717) is 35.2 Å². The molecule has 0 saturated heterocycles. The molecule has 0 radical (unpaired) electrons. The van der Waals surface area contributed by atoms with Gasteiger partial charge in [0.15, 0.2) is 0 Å². The lowest BCUT2D eigenvalue weighted by molar-refractivity contribution is 0.419.